The molecule has 21 heavy (non-hydrogen) atoms. The maximum atomic E-state index is 11.8. The number of hydrogen-bond donors (Lipinski definition) is 2. The molecule has 1 saturated heterocycles. The van der Waals surface area contributed by atoms with E-state index >= 15 is 0 Å². The summed E-state index contributed by atoms with van der Waals surface area (Å²) in [6.45, 7) is 1.56. The van der Waals surface area contributed by atoms with Gasteiger partial charge < -0.3 is 15.8 Å². The van der Waals surface area contributed by atoms with Crippen molar-refractivity contribution in [1.29, 1.82) is 0 Å². The van der Waals surface area contributed by atoms with Crippen LogP contribution >= 0.6 is 0 Å². The summed E-state index contributed by atoms with van der Waals surface area (Å²) in [5.74, 6) is 0.0807. The molecule has 116 valence electrons. The number of carbonyl (C=O) groups is 1. The van der Waals surface area contributed by atoms with Gasteiger partial charge in [-0.15, -0.1) is 0 Å². The number of ether oxygens (including phenoxy) is 1. The van der Waals surface area contributed by atoms with Crippen LogP contribution in [0.1, 0.15) is 50.1 Å². The van der Waals surface area contributed by atoms with E-state index in [1.807, 2.05) is 30.3 Å². The smallest absolute Gasteiger partial charge is 0.220 e. The van der Waals surface area contributed by atoms with E-state index < -0.39 is 0 Å². The fraction of sp³-hybridized carbons (Fsp3) is 0.588. The molecule has 1 aliphatic heterocycles. The minimum atomic E-state index is -0.0707. The molecule has 3 N–H and O–H groups in total. The van der Waals surface area contributed by atoms with Gasteiger partial charge in [0.05, 0.1) is 6.10 Å². The van der Waals surface area contributed by atoms with Crippen molar-refractivity contribution >= 4 is 5.91 Å². The van der Waals surface area contributed by atoms with Gasteiger partial charge in [-0.1, -0.05) is 30.3 Å². The summed E-state index contributed by atoms with van der Waals surface area (Å²) in [4.78, 5) is 11.8. The molecule has 1 heterocycles. The Morgan fingerprint density at radius 2 is 2.14 bits per heavy atom. The number of benzene rings is 1. The largest absolute Gasteiger partial charge is 0.378 e. The van der Waals surface area contributed by atoms with Crippen molar-refractivity contribution in [3.63, 3.8) is 0 Å². The lowest BCUT2D eigenvalue weighted by molar-refractivity contribution is -0.121. The van der Waals surface area contributed by atoms with Crippen LogP contribution in [0.25, 0.3) is 0 Å². The van der Waals surface area contributed by atoms with Crippen molar-refractivity contribution in [3.05, 3.63) is 35.9 Å². The van der Waals surface area contributed by atoms with Crippen LogP contribution in [0.3, 0.4) is 0 Å². The Hall–Kier alpha value is -1.39. The second-order valence-electron chi connectivity index (χ2n) is 5.68. The minimum Gasteiger partial charge on any atom is -0.378 e. The lowest BCUT2D eigenvalue weighted by Gasteiger charge is -2.22. The minimum absolute atomic E-state index is 0.0707. The fourth-order valence-electron chi connectivity index (χ4n) is 2.65. The molecule has 2 rings (SSSR count). The van der Waals surface area contributed by atoms with E-state index in [-0.39, 0.29) is 11.9 Å². The van der Waals surface area contributed by atoms with Crippen LogP contribution < -0.4 is 11.1 Å². The number of hydrogen-bond acceptors (Lipinski definition) is 3. The van der Waals surface area contributed by atoms with Crippen molar-refractivity contribution < 1.29 is 9.53 Å². The Bertz CT molecular complexity index is 416. The second-order valence-corrected chi connectivity index (χ2v) is 5.68. The first-order valence-corrected chi connectivity index (χ1v) is 7.94. The van der Waals surface area contributed by atoms with Crippen molar-refractivity contribution in [3.8, 4) is 0 Å². The Morgan fingerprint density at radius 3 is 2.86 bits per heavy atom. The molecule has 1 aromatic rings. The zero-order valence-corrected chi connectivity index (χ0v) is 12.6. The standard InChI is InChI=1S/C17H26N2O2/c18-16(14-6-2-1-3-7-14)9-10-17(20)19-12-11-15-8-4-5-13-21-15/h1-3,6-7,15-16H,4-5,8-13,18H2,(H,19,20). The van der Waals surface area contributed by atoms with Gasteiger partial charge in [-0.25, -0.2) is 0 Å². The molecule has 0 bridgehead atoms. The van der Waals surface area contributed by atoms with E-state index in [1.165, 1.54) is 12.8 Å². The lowest BCUT2D eigenvalue weighted by atomic mass is 10.0. The first-order valence-electron chi connectivity index (χ1n) is 7.94. The Kier molecular flexibility index (Phi) is 6.70. The van der Waals surface area contributed by atoms with Gasteiger partial charge in [0.25, 0.3) is 0 Å². The predicted molar refractivity (Wildman–Crippen MR) is 83.8 cm³/mol. The third kappa shape index (κ3) is 5.86. The van der Waals surface area contributed by atoms with Crippen molar-refractivity contribution in [1.82, 2.24) is 5.32 Å². The quantitative estimate of drug-likeness (QED) is 0.811. The summed E-state index contributed by atoms with van der Waals surface area (Å²) in [5.41, 5.74) is 7.17. The van der Waals surface area contributed by atoms with Crippen LogP contribution in [-0.4, -0.2) is 25.2 Å². The predicted octanol–water partition coefficient (Wildman–Crippen LogP) is 2.54. The summed E-state index contributed by atoms with van der Waals surface area (Å²) in [6, 6.07) is 9.85. The highest BCUT2D eigenvalue weighted by Gasteiger charge is 2.14. The summed E-state index contributed by atoms with van der Waals surface area (Å²) in [7, 11) is 0. The molecule has 0 saturated carbocycles. The summed E-state index contributed by atoms with van der Waals surface area (Å²) in [5, 5.41) is 2.96. The molecule has 1 aliphatic rings. The second kappa shape index (κ2) is 8.80. The number of nitrogens with one attached hydrogen (secondary N) is 1. The summed E-state index contributed by atoms with van der Waals surface area (Å²) >= 11 is 0. The molecular formula is C17H26N2O2. The van der Waals surface area contributed by atoms with Crippen LogP contribution in [0.15, 0.2) is 30.3 Å². The van der Waals surface area contributed by atoms with Gasteiger partial charge in [0.1, 0.15) is 0 Å². The Labute approximate surface area is 127 Å². The highest BCUT2D eigenvalue weighted by molar-refractivity contribution is 5.75. The lowest BCUT2D eigenvalue weighted by Crippen LogP contribution is -2.29. The SMILES string of the molecule is NC(CCC(=O)NCCC1CCCCO1)c1ccccc1. The molecule has 1 fully saturated rings. The molecule has 1 aromatic carbocycles. The molecule has 4 nitrogen and oxygen atoms in total. The molecule has 0 aromatic heterocycles. The molecule has 0 spiro atoms. The average Bonchev–Trinajstić information content (AvgIpc) is 2.54. The van der Waals surface area contributed by atoms with Gasteiger partial charge in [0.2, 0.25) is 5.91 Å². The van der Waals surface area contributed by atoms with Crippen LogP contribution in [0.4, 0.5) is 0 Å². The number of nitrogens with two attached hydrogens (primary N) is 1. The van der Waals surface area contributed by atoms with Gasteiger partial charge in [-0.2, -0.15) is 0 Å². The van der Waals surface area contributed by atoms with Gasteiger partial charge in [-0.05, 0) is 37.7 Å². The van der Waals surface area contributed by atoms with E-state index in [9.17, 15) is 4.79 Å². The van der Waals surface area contributed by atoms with Crippen LogP contribution in [0.2, 0.25) is 0 Å². The monoisotopic (exact) mass is 290 g/mol. The van der Waals surface area contributed by atoms with Crippen LogP contribution in [0.5, 0.6) is 0 Å². The number of rotatable bonds is 7. The normalized spacial score (nSPS) is 20.0. The third-order valence-corrected chi connectivity index (χ3v) is 3.97. The molecule has 0 radical (unpaired) electrons. The average molecular weight is 290 g/mol. The van der Waals surface area contributed by atoms with Gasteiger partial charge >= 0.3 is 0 Å². The number of carbonyl (C=O) groups excluding carboxylic acids is 1. The Morgan fingerprint density at radius 1 is 1.33 bits per heavy atom. The zero-order valence-electron chi connectivity index (χ0n) is 12.6. The molecular weight excluding hydrogens is 264 g/mol. The number of amides is 1. The maximum Gasteiger partial charge on any atom is 0.220 e. The molecule has 2 atom stereocenters. The van der Waals surface area contributed by atoms with Gasteiger partial charge in [-0.3, -0.25) is 4.79 Å². The topological polar surface area (TPSA) is 64.4 Å². The van der Waals surface area contributed by atoms with E-state index in [4.69, 9.17) is 10.5 Å². The fourth-order valence-corrected chi connectivity index (χ4v) is 2.65. The van der Waals surface area contributed by atoms with Gasteiger partial charge in [0.15, 0.2) is 0 Å². The molecule has 2 unspecified atom stereocenters. The zero-order chi connectivity index (χ0) is 14.9. The van der Waals surface area contributed by atoms with Crippen LogP contribution in [0, 0.1) is 0 Å². The highest BCUT2D eigenvalue weighted by Crippen LogP contribution is 2.16. The first kappa shape index (κ1) is 16.0. The van der Waals surface area contributed by atoms with Gasteiger partial charge in [0, 0.05) is 25.6 Å². The molecule has 4 heteroatoms. The van der Waals surface area contributed by atoms with Crippen molar-refractivity contribution in [2.24, 2.45) is 5.73 Å². The third-order valence-electron chi connectivity index (χ3n) is 3.97. The van der Waals surface area contributed by atoms with Crippen molar-refractivity contribution in [2.45, 2.75) is 50.7 Å². The maximum absolute atomic E-state index is 11.8. The summed E-state index contributed by atoms with van der Waals surface area (Å²) in [6.07, 6.45) is 5.92. The van der Waals surface area contributed by atoms with Crippen molar-refractivity contribution in [2.75, 3.05) is 13.2 Å². The van der Waals surface area contributed by atoms with E-state index in [0.29, 0.717) is 25.5 Å². The highest BCUT2D eigenvalue weighted by atomic mass is 16.5. The van der Waals surface area contributed by atoms with E-state index in [1.54, 1.807) is 0 Å². The Balaban J connectivity index is 1.59. The molecule has 1 amide bonds. The van der Waals surface area contributed by atoms with E-state index in [0.717, 1.165) is 25.0 Å². The van der Waals surface area contributed by atoms with E-state index in [2.05, 4.69) is 5.32 Å². The first-order chi connectivity index (χ1) is 10.3. The molecule has 0 aliphatic carbocycles. The summed E-state index contributed by atoms with van der Waals surface area (Å²) < 4.78 is 5.64. The van der Waals surface area contributed by atoms with Crippen LogP contribution in [-0.2, 0) is 9.53 Å².